The number of carbonyl (C=O) groups is 1. The summed E-state index contributed by atoms with van der Waals surface area (Å²) in [5.74, 6) is -1.15. The van der Waals surface area contributed by atoms with Crippen molar-refractivity contribution in [3.63, 3.8) is 0 Å². The summed E-state index contributed by atoms with van der Waals surface area (Å²) in [6, 6.07) is 7.25. The van der Waals surface area contributed by atoms with Gasteiger partial charge in [-0.3, -0.25) is 0 Å². The number of pyridine rings is 1. The fourth-order valence-corrected chi connectivity index (χ4v) is 1.78. The van der Waals surface area contributed by atoms with E-state index in [9.17, 15) is 9.18 Å². The third kappa shape index (κ3) is 2.51. The minimum Gasteiger partial charge on any atom is -0.465 e. The Kier molecular flexibility index (Phi) is 3.66. The fourth-order valence-electron chi connectivity index (χ4n) is 1.63. The van der Waals surface area contributed by atoms with Crippen LogP contribution in [0.1, 0.15) is 10.4 Å². The van der Waals surface area contributed by atoms with Gasteiger partial charge < -0.3 is 10.5 Å². The Morgan fingerprint density at radius 3 is 2.74 bits per heavy atom. The summed E-state index contributed by atoms with van der Waals surface area (Å²) in [5, 5.41) is 0.112. The molecule has 0 unspecified atom stereocenters. The number of rotatable bonds is 2. The van der Waals surface area contributed by atoms with Gasteiger partial charge in [0.2, 0.25) is 0 Å². The molecule has 0 saturated heterocycles. The molecule has 98 valence electrons. The van der Waals surface area contributed by atoms with E-state index >= 15 is 0 Å². The molecule has 4 nitrogen and oxygen atoms in total. The second-order valence-electron chi connectivity index (χ2n) is 3.72. The smallest absolute Gasteiger partial charge is 0.340 e. The van der Waals surface area contributed by atoms with Gasteiger partial charge in [0.15, 0.2) is 0 Å². The van der Waals surface area contributed by atoms with Gasteiger partial charge in [0.25, 0.3) is 0 Å². The Balaban J connectivity index is 2.72. The summed E-state index contributed by atoms with van der Waals surface area (Å²) in [6.07, 6.45) is 0. The number of esters is 1. The standard InChI is InChI=1S/C13H10ClFN2O2/c1-19-13(18)8-6-9(14)12(16)17-11(8)7-4-2-3-5-10(7)15/h2-6H,1H3,(H2,16,17). The molecule has 0 aliphatic carbocycles. The molecular formula is C13H10ClFN2O2. The first-order chi connectivity index (χ1) is 9.04. The number of ether oxygens (including phenoxy) is 1. The molecule has 1 aromatic heterocycles. The zero-order valence-corrected chi connectivity index (χ0v) is 10.7. The molecule has 0 fully saturated rings. The number of methoxy groups -OCH3 is 1. The molecule has 0 amide bonds. The van der Waals surface area contributed by atoms with Gasteiger partial charge in [0, 0.05) is 5.56 Å². The van der Waals surface area contributed by atoms with Crippen LogP contribution in [0.5, 0.6) is 0 Å². The highest BCUT2D eigenvalue weighted by molar-refractivity contribution is 6.33. The van der Waals surface area contributed by atoms with Crippen molar-refractivity contribution in [1.29, 1.82) is 0 Å². The molecule has 0 bridgehead atoms. The number of nitrogens with zero attached hydrogens (tertiary/aromatic N) is 1. The summed E-state index contributed by atoms with van der Waals surface area (Å²) < 4.78 is 18.4. The Morgan fingerprint density at radius 1 is 1.42 bits per heavy atom. The highest BCUT2D eigenvalue weighted by Gasteiger charge is 2.19. The number of hydrogen-bond acceptors (Lipinski definition) is 4. The number of hydrogen-bond donors (Lipinski definition) is 1. The topological polar surface area (TPSA) is 65.2 Å². The SMILES string of the molecule is COC(=O)c1cc(Cl)c(N)nc1-c1ccccc1F. The predicted molar refractivity (Wildman–Crippen MR) is 70.4 cm³/mol. The molecular weight excluding hydrogens is 271 g/mol. The van der Waals surface area contributed by atoms with Gasteiger partial charge in [-0.2, -0.15) is 0 Å². The van der Waals surface area contributed by atoms with Crippen LogP contribution in [0.2, 0.25) is 5.02 Å². The Morgan fingerprint density at radius 2 is 2.11 bits per heavy atom. The van der Waals surface area contributed by atoms with Crippen LogP contribution in [0.4, 0.5) is 10.2 Å². The zero-order chi connectivity index (χ0) is 14.0. The average Bonchev–Trinajstić information content (AvgIpc) is 2.41. The summed E-state index contributed by atoms with van der Waals surface area (Å²) in [6.45, 7) is 0. The predicted octanol–water partition coefficient (Wildman–Crippen LogP) is 2.91. The fraction of sp³-hybridized carbons (Fsp3) is 0.0769. The maximum Gasteiger partial charge on any atom is 0.340 e. The highest BCUT2D eigenvalue weighted by Crippen LogP contribution is 2.29. The van der Waals surface area contributed by atoms with E-state index in [0.29, 0.717) is 0 Å². The normalized spacial score (nSPS) is 10.3. The number of anilines is 1. The highest BCUT2D eigenvalue weighted by atomic mass is 35.5. The minimum absolute atomic E-state index is 0.0209. The number of nitrogens with two attached hydrogens (primary N) is 1. The van der Waals surface area contributed by atoms with Crippen LogP contribution < -0.4 is 5.73 Å². The van der Waals surface area contributed by atoms with Crippen molar-refractivity contribution < 1.29 is 13.9 Å². The molecule has 1 aromatic carbocycles. The monoisotopic (exact) mass is 280 g/mol. The van der Waals surface area contributed by atoms with Crippen LogP contribution in [-0.4, -0.2) is 18.1 Å². The molecule has 19 heavy (non-hydrogen) atoms. The number of halogens is 2. The van der Waals surface area contributed by atoms with E-state index in [1.54, 1.807) is 6.07 Å². The summed E-state index contributed by atoms with van der Waals surface area (Å²) >= 11 is 5.83. The van der Waals surface area contributed by atoms with Crippen LogP contribution in [-0.2, 0) is 4.74 Å². The van der Waals surface area contributed by atoms with Gasteiger partial charge in [-0.25, -0.2) is 14.2 Å². The van der Waals surface area contributed by atoms with Crippen molar-refractivity contribution in [3.8, 4) is 11.3 Å². The molecule has 0 saturated carbocycles. The van der Waals surface area contributed by atoms with Crippen LogP contribution in [0.15, 0.2) is 30.3 Å². The van der Waals surface area contributed by atoms with E-state index in [-0.39, 0.29) is 27.7 Å². The quantitative estimate of drug-likeness (QED) is 0.859. The molecule has 0 aliphatic rings. The molecule has 0 aliphatic heterocycles. The van der Waals surface area contributed by atoms with E-state index in [1.165, 1.54) is 31.4 Å². The molecule has 0 spiro atoms. The lowest BCUT2D eigenvalue weighted by Gasteiger charge is -2.10. The maximum atomic E-state index is 13.8. The van der Waals surface area contributed by atoms with Crippen molar-refractivity contribution in [2.45, 2.75) is 0 Å². The Hall–Kier alpha value is -2.14. The minimum atomic E-state index is -0.660. The lowest BCUT2D eigenvalue weighted by molar-refractivity contribution is 0.0601. The molecule has 2 rings (SSSR count). The lowest BCUT2D eigenvalue weighted by Crippen LogP contribution is -2.08. The largest absolute Gasteiger partial charge is 0.465 e. The summed E-state index contributed by atoms with van der Waals surface area (Å²) in [4.78, 5) is 15.7. The number of aromatic nitrogens is 1. The molecule has 2 N–H and O–H groups in total. The van der Waals surface area contributed by atoms with E-state index in [0.717, 1.165) is 0 Å². The Bertz CT molecular complexity index is 647. The third-order valence-electron chi connectivity index (χ3n) is 2.54. The van der Waals surface area contributed by atoms with E-state index in [2.05, 4.69) is 9.72 Å². The number of carbonyl (C=O) groups excluding carboxylic acids is 1. The van der Waals surface area contributed by atoms with Crippen molar-refractivity contribution in [1.82, 2.24) is 4.98 Å². The zero-order valence-electron chi connectivity index (χ0n) is 9.98. The van der Waals surface area contributed by atoms with Gasteiger partial charge in [0.1, 0.15) is 11.6 Å². The summed E-state index contributed by atoms with van der Waals surface area (Å²) in [5.41, 5.74) is 5.92. The molecule has 0 atom stereocenters. The molecule has 0 radical (unpaired) electrons. The van der Waals surface area contributed by atoms with Crippen molar-refractivity contribution in [2.24, 2.45) is 0 Å². The van der Waals surface area contributed by atoms with Gasteiger partial charge in [0.05, 0.1) is 23.4 Å². The Labute approximate surface area is 114 Å². The van der Waals surface area contributed by atoms with Crippen LogP contribution >= 0.6 is 11.6 Å². The van der Waals surface area contributed by atoms with Crippen molar-refractivity contribution in [2.75, 3.05) is 12.8 Å². The first-order valence-corrected chi connectivity index (χ1v) is 5.71. The average molecular weight is 281 g/mol. The first-order valence-electron chi connectivity index (χ1n) is 5.34. The van der Waals surface area contributed by atoms with E-state index < -0.39 is 11.8 Å². The number of benzene rings is 1. The van der Waals surface area contributed by atoms with Crippen LogP contribution in [0.3, 0.4) is 0 Å². The van der Waals surface area contributed by atoms with Gasteiger partial charge in [-0.15, -0.1) is 0 Å². The molecule has 6 heteroatoms. The molecule has 2 aromatic rings. The second kappa shape index (κ2) is 5.24. The van der Waals surface area contributed by atoms with Crippen molar-refractivity contribution >= 4 is 23.4 Å². The van der Waals surface area contributed by atoms with Gasteiger partial charge in [-0.05, 0) is 18.2 Å². The maximum absolute atomic E-state index is 13.8. The lowest BCUT2D eigenvalue weighted by atomic mass is 10.1. The van der Waals surface area contributed by atoms with E-state index in [1.807, 2.05) is 0 Å². The van der Waals surface area contributed by atoms with Gasteiger partial charge >= 0.3 is 5.97 Å². The number of nitrogen functional groups attached to an aromatic ring is 1. The first kappa shape index (κ1) is 13.3. The summed E-state index contributed by atoms with van der Waals surface area (Å²) in [7, 11) is 1.22. The van der Waals surface area contributed by atoms with Crippen LogP contribution in [0, 0.1) is 5.82 Å². The van der Waals surface area contributed by atoms with Crippen molar-refractivity contribution in [3.05, 3.63) is 46.7 Å². The molecule has 1 heterocycles. The van der Waals surface area contributed by atoms with E-state index in [4.69, 9.17) is 17.3 Å². The van der Waals surface area contributed by atoms with Gasteiger partial charge in [-0.1, -0.05) is 23.7 Å². The van der Waals surface area contributed by atoms with Crippen LogP contribution in [0.25, 0.3) is 11.3 Å². The third-order valence-corrected chi connectivity index (χ3v) is 2.84. The second-order valence-corrected chi connectivity index (χ2v) is 4.13.